The normalized spacial score (nSPS) is 9.94. The third-order valence-electron chi connectivity index (χ3n) is 2.81. The molecule has 0 aliphatic rings. The lowest BCUT2D eigenvalue weighted by atomic mass is 10.0. The standard InChI is InChI=1S/C15H16O3/c1-16-12-6-4-11(5-7-12)14-10-13(17-2)8-9-15(14)18-3/h4-10H,1-3H3. The van der Waals surface area contributed by atoms with Crippen molar-refractivity contribution in [1.82, 2.24) is 0 Å². The van der Waals surface area contributed by atoms with E-state index in [1.165, 1.54) is 0 Å². The molecule has 3 nitrogen and oxygen atoms in total. The molecule has 0 atom stereocenters. The van der Waals surface area contributed by atoms with Gasteiger partial charge in [-0.1, -0.05) is 12.1 Å². The molecule has 0 aliphatic heterocycles. The van der Waals surface area contributed by atoms with Gasteiger partial charge >= 0.3 is 0 Å². The van der Waals surface area contributed by atoms with E-state index in [0.29, 0.717) is 0 Å². The number of hydrogen-bond acceptors (Lipinski definition) is 3. The SMILES string of the molecule is COc1ccc(-c2cc(OC)ccc2OC)cc1. The molecule has 2 aromatic rings. The lowest BCUT2D eigenvalue weighted by Crippen LogP contribution is -1.90. The van der Waals surface area contributed by atoms with Crippen molar-refractivity contribution in [3.63, 3.8) is 0 Å². The molecule has 0 aromatic heterocycles. The van der Waals surface area contributed by atoms with E-state index in [4.69, 9.17) is 14.2 Å². The molecule has 0 heterocycles. The smallest absolute Gasteiger partial charge is 0.126 e. The largest absolute Gasteiger partial charge is 0.497 e. The van der Waals surface area contributed by atoms with Crippen LogP contribution in [-0.2, 0) is 0 Å². The van der Waals surface area contributed by atoms with Gasteiger partial charge in [-0.2, -0.15) is 0 Å². The molecule has 0 unspecified atom stereocenters. The summed E-state index contributed by atoms with van der Waals surface area (Å²) in [6, 6.07) is 13.6. The van der Waals surface area contributed by atoms with Crippen molar-refractivity contribution in [2.75, 3.05) is 21.3 Å². The fraction of sp³-hybridized carbons (Fsp3) is 0.200. The van der Waals surface area contributed by atoms with Crippen LogP contribution in [0.2, 0.25) is 0 Å². The first-order valence-corrected chi connectivity index (χ1v) is 5.65. The van der Waals surface area contributed by atoms with Crippen molar-refractivity contribution in [2.24, 2.45) is 0 Å². The van der Waals surface area contributed by atoms with Crippen LogP contribution < -0.4 is 14.2 Å². The molecule has 3 heteroatoms. The van der Waals surface area contributed by atoms with Gasteiger partial charge in [0.2, 0.25) is 0 Å². The minimum atomic E-state index is 0.807. The second kappa shape index (κ2) is 5.45. The summed E-state index contributed by atoms with van der Waals surface area (Å²) in [5, 5.41) is 0. The Labute approximate surface area is 107 Å². The molecule has 0 N–H and O–H groups in total. The minimum absolute atomic E-state index is 0.807. The zero-order valence-electron chi connectivity index (χ0n) is 10.8. The highest BCUT2D eigenvalue weighted by Crippen LogP contribution is 2.34. The molecular weight excluding hydrogens is 228 g/mol. The summed E-state index contributed by atoms with van der Waals surface area (Å²) < 4.78 is 15.8. The van der Waals surface area contributed by atoms with Crippen LogP contribution in [0.1, 0.15) is 0 Å². The Kier molecular flexibility index (Phi) is 3.72. The molecule has 0 saturated carbocycles. The summed E-state index contributed by atoms with van der Waals surface area (Å²) in [7, 11) is 4.97. The van der Waals surface area contributed by atoms with Gasteiger partial charge in [0.15, 0.2) is 0 Å². The Morgan fingerprint density at radius 2 is 1.28 bits per heavy atom. The summed E-state index contributed by atoms with van der Waals surface area (Å²) in [5.74, 6) is 2.46. The molecule has 18 heavy (non-hydrogen) atoms. The lowest BCUT2D eigenvalue weighted by Gasteiger charge is -2.11. The topological polar surface area (TPSA) is 27.7 Å². The van der Waals surface area contributed by atoms with Crippen molar-refractivity contribution in [3.05, 3.63) is 42.5 Å². The van der Waals surface area contributed by atoms with Gasteiger partial charge in [0.05, 0.1) is 21.3 Å². The van der Waals surface area contributed by atoms with E-state index in [1.807, 2.05) is 42.5 Å². The molecule has 0 amide bonds. The predicted octanol–water partition coefficient (Wildman–Crippen LogP) is 3.38. The highest BCUT2D eigenvalue weighted by Gasteiger charge is 2.07. The predicted molar refractivity (Wildman–Crippen MR) is 71.5 cm³/mol. The second-order valence-electron chi connectivity index (χ2n) is 3.79. The Bertz CT molecular complexity index is 518. The van der Waals surface area contributed by atoms with E-state index in [2.05, 4.69) is 0 Å². The molecule has 0 radical (unpaired) electrons. The monoisotopic (exact) mass is 244 g/mol. The van der Waals surface area contributed by atoms with Gasteiger partial charge in [-0.3, -0.25) is 0 Å². The first kappa shape index (κ1) is 12.3. The third-order valence-corrected chi connectivity index (χ3v) is 2.81. The summed E-state index contributed by atoms with van der Waals surface area (Å²) in [6.07, 6.45) is 0. The van der Waals surface area contributed by atoms with E-state index in [-0.39, 0.29) is 0 Å². The van der Waals surface area contributed by atoms with E-state index in [9.17, 15) is 0 Å². The second-order valence-corrected chi connectivity index (χ2v) is 3.79. The molecule has 2 aromatic carbocycles. The Hall–Kier alpha value is -2.16. The van der Waals surface area contributed by atoms with Crippen LogP contribution in [0.15, 0.2) is 42.5 Å². The Morgan fingerprint density at radius 3 is 1.83 bits per heavy atom. The van der Waals surface area contributed by atoms with Gasteiger partial charge in [-0.25, -0.2) is 0 Å². The number of rotatable bonds is 4. The Morgan fingerprint density at radius 1 is 0.667 bits per heavy atom. The molecule has 0 bridgehead atoms. The Balaban J connectivity index is 2.46. The van der Waals surface area contributed by atoms with Gasteiger partial charge in [-0.15, -0.1) is 0 Å². The average molecular weight is 244 g/mol. The maximum absolute atomic E-state index is 5.37. The van der Waals surface area contributed by atoms with Crippen LogP contribution in [-0.4, -0.2) is 21.3 Å². The van der Waals surface area contributed by atoms with Gasteiger partial charge in [0.1, 0.15) is 17.2 Å². The molecule has 94 valence electrons. The van der Waals surface area contributed by atoms with Crippen LogP contribution >= 0.6 is 0 Å². The molecular formula is C15H16O3. The molecule has 0 fully saturated rings. The van der Waals surface area contributed by atoms with Gasteiger partial charge in [0.25, 0.3) is 0 Å². The van der Waals surface area contributed by atoms with Crippen molar-refractivity contribution in [3.8, 4) is 28.4 Å². The summed E-state index contributed by atoms with van der Waals surface area (Å²) in [5.41, 5.74) is 2.06. The number of benzene rings is 2. The van der Waals surface area contributed by atoms with Crippen LogP contribution in [0.5, 0.6) is 17.2 Å². The van der Waals surface area contributed by atoms with Crippen LogP contribution in [0.25, 0.3) is 11.1 Å². The van der Waals surface area contributed by atoms with Crippen molar-refractivity contribution < 1.29 is 14.2 Å². The average Bonchev–Trinajstić information content (AvgIpc) is 2.46. The summed E-state index contributed by atoms with van der Waals surface area (Å²) in [4.78, 5) is 0. The number of hydrogen-bond donors (Lipinski definition) is 0. The lowest BCUT2D eigenvalue weighted by molar-refractivity contribution is 0.404. The zero-order valence-corrected chi connectivity index (χ0v) is 10.8. The molecule has 0 aliphatic carbocycles. The molecule has 0 spiro atoms. The van der Waals surface area contributed by atoms with E-state index < -0.39 is 0 Å². The van der Waals surface area contributed by atoms with Crippen molar-refractivity contribution in [1.29, 1.82) is 0 Å². The summed E-state index contributed by atoms with van der Waals surface area (Å²) in [6.45, 7) is 0. The first-order chi connectivity index (χ1) is 8.78. The van der Waals surface area contributed by atoms with Crippen LogP contribution in [0, 0.1) is 0 Å². The fourth-order valence-electron chi connectivity index (χ4n) is 1.81. The summed E-state index contributed by atoms with van der Waals surface area (Å²) >= 11 is 0. The number of methoxy groups -OCH3 is 3. The quantitative estimate of drug-likeness (QED) is 0.825. The highest BCUT2D eigenvalue weighted by molar-refractivity contribution is 5.72. The van der Waals surface area contributed by atoms with Gasteiger partial charge in [-0.05, 0) is 35.9 Å². The fourth-order valence-corrected chi connectivity index (χ4v) is 1.81. The third kappa shape index (κ3) is 2.40. The first-order valence-electron chi connectivity index (χ1n) is 5.65. The van der Waals surface area contributed by atoms with Crippen LogP contribution in [0.3, 0.4) is 0 Å². The van der Waals surface area contributed by atoms with Crippen LogP contribution in [0.4, 0.5) is 0 Å². The number of ether oxygens (including phenoxy) is 3. The van der Waals surface area contributed by atoms with E-state index in [0.717, 1.165) is 28.4 Å². The van der Waals surface area contributed by atoms with Crippen molar-refractivity contribution >= 4 is 0 Å². The van der Waals surface area contributed by atoms with Crippen molar-refractivity contribution in [2.45, 2.75) is 0 Å². The van der Waals surface area contributed by atoms with Gasteiger partial charge in [0, 0.05) is 5.56 Å². The zero-order chi connectivity index (χ0) is 13.0. The molecule has 0 saturated heterocycles. The maximum Gasteiger partial charge on any atom is 0.126 e. The molecule has 2 rings (SSSR count). The van der Waals surface area contributed by atoms with Gasteiger partial charge < -0.3 is 14.2 Å². The van der Waals surface area contributed by atoms with E-state index in [1.54, 1.807) is 21.3 Å². The maximum atomic E-state index is 5.37. The van der Waals surface area contributed by atoms with E-state index >= 15 is 0 Å². The highest BCUT2D eigenvalue weighted by atomic mass is 16.5. The minimum Gasteiger partial charge on any atom is -0.497 e.